The first kappa shape index (κ1) is 17.9. The Balaban J connectivity index is 1.92. The van der Waals surface area contributed by atoms with Crippen molar-refractivity contribution in [3.05, 3.63) is 65.2 Å². The molecule has 0 aromatic heterocycles. The molecule has 0 saturated heterocycles. The number of ether oxygens (including phenoxy) is 3. The fraction of sp³-hybridized carbons (Fsp3) is 0.211. The second-order valence-electron chi connectivity index (χ2n) is 4.97. The van der Waals surface area contributed by atoms with Crippen LogP contribution in [0.15, 0.2) is 49.1 Å². The molecule has 0 N–H and O–H groups in total. The van der Waals surface area contributed by atoms with Crippen molar-refractivity contribution in [1.29, 1.82) is 0 Å². The van der Waals surface area contributed by atoms with Crippen molar-refractivity contribution in [2.75, 3.05) is 20.3 Å². The molecular weight excluding hydrogens is 328 g/mol. The van der Waals surface area contributed by atoms with E-state index in [2.05, 4.69) is 6.58 Å². The first-order valence-electron chi connectivity index (χ1n) is 7.46. The van der Waals surface area contributed by atoms with Crippen molar-refractivity contribution in [2.45, 2.75) is 6.42 Å². The number of rotatable bonds is 9. The van der Waals surface area contributed by atoms with Gasteiger partial charge in [-0.3, -0.25) is 4.79 Å². The van der Waals surface area contributed by atoms with Gasteiger partial charge < -0.3 is 14.2 Å². The molecule has 126 valence electrons. The van der Waals surface area contributed by atoms with Gasteiger partial charge in [-0.25, -0.2) is 0 Å². The zero-order valence-electron chi connectivity index (χ0n) is 13.5. The van der Waals surface area contributed by atoms with Gasteiger partial charge in [0.2, 0.25) is 0 Å². The Morgan fingerprint density at radius 3 is 2.42 bits per heavy atom. The summed E-state index contributed by atoms with van der Waals surface area (Å²) in [5.74, 6) is 1.78. The molecule has 2 aromatic rings. The number of methoxy groups -OCH3 is 1. The van der Waals surface area contributed by atoms with E-state index in [1.807, 2.05) is 24.3 Å². The van der Waals surface area contributed by atoms with Gasteiger partial charge in [0, 0.05) is 5.02 Å². The quantitative estimate of drug-likeness (QED) is 0.385. The molecule has 2 aromatic carbocycles. The standard InChI is InChI=1S/C19H19ClO4/c1-3-4-14-5-7-18(19(11-14)22-2)24-10-9-23-17-8-6-16(20)12-15(17)13-21/h3,5-8,11-13H,1,4,9-10H2,2H3. The van der Waals surface area contributed by atoms with Gasteiger partial charge >= 0.3 is 0 Å². The van der Waals surface area contributed by atoms with Crippen LogP contribution < -0.4 is 14.2 Å². The van der Waals surface area contributed by atoms with Crippen LogP contribution in [-0.2, 0) is 6.42 Å². The number of hydrogen-bond donors (Lipinski definition) is 0. The van der Waals surface area contributed by atoms with Gasteiger partial charge in [-0.05, 0) is 42.3 Å². The molecule has 4 nitrogen and oxygen atoms in total. The zero-order chi connectivity index (χ0) is 17.4. The fourth-order valence-corrected chi connectivity index (χ4v) is 2.35. The van der Waals surface area contributed by atoms with E-state index in [9.17, 15) is 4.79 Å². The van der Waals surface area contributed by atoms with E-state index in [1.54, 1.807) is 25.3 Å². The normalized spacial score (nSPS) is 10.1. The lowest BCUT2D eigenvalue weighted by molar-refractivity contribution is 0.111. The molecule has 0 heterocycles. The molecule has 0 atom stereocenters. The molecule has 0 fully saturated rings. The van der Waals surface area contributed by atoms with E-state index in [1.165, 1.54) is 0 Å². The summed E-state index contributed by atoms with van der Waals surface area (Å²) in [6.07, 6.45) is 3.31. The Morgan fingerprint density at radius 1 is 1.04 bits per heavy atom. The van der Waals surface area contributed by atoms with Gasteiger partial charge in [-0.2, -0.15) is 0 Å². The summed E-state index contributed by atoms with van der Waals surface area (Å²) in [4.78, 5) is 11.0. The molecule has 0 spiro atoms. The molecule has 24 heavy (non-hydrogen) atoms. The van der Waals surface area contributed by atoms with Crippen molar-refractivity contribution in [3.63, 3.8) is 0 Å². The average Bonchev–Trinajstić information content (AvgIpc) is 2.60. The molecular formula is C19H19ClO4. The third kappa shape index (κ3) is 4.77. The van der Waals surface area contributed by atoms with Crippen molar-refractivity contribution in [1.82, 2.24) is 0 Å². The van der Waals surface area contributed by atoms with Crippen LogP contribution in [0, 0.1) is 0 Å². The Kier molecular flexibility index (Phi) is 6.70. The zero-order valence-corrected chi connectivity index (χ0v) is 14.2. The minimum atomic E-state index is 0.292. The fourth-order valence-electron chi connectivity index (χ4n) is 2.17. The number of hydrogen-bond acceptors (Lipinski definition) is 4. The molecule has 0 aliphatic carbocycles. The summed E-state index contributed by atoms with van der Waals surface area (Å²) in [6.45, 7) is 4.33. The first-order chi connectivity index (χ1) is 11.7. The van der Waals surface area contributed by atoms with Gasteiger partial charge in [0.1, 0.15) is 19.0 Å². The molecule has 0 radical (unpaired) electrons. The molecule has 0 amide bonds. The summed E-state index contributed by atoms with van der Waals surface area (Å²) < 4.78 is 16.6. The Bertz CT molecular complexity index is 713. The molecule has 2 rings (SSSR count). The summed E-state index contributed by atoms with van der Waals surface area (Å²) in [7, 11) is 1.60. The molecule has 5 heteroatoms. The van der Waals surface area contributed by atoms with E-state index in [0.717, 1.165) is 12.0 Å². The van der Waals surface area contributed by atoms with Crippen LogP contribution in [0.1, 0.15) is 15.9 Å². The maximum Gasteiger partial charge on any atom is 0.161 e. The van der Waals surface area contributed by atoms with Gasteiger partial charge in [0.15, 0.2) is 17.8 Å². The predicted molar refractivity (Wildman–Crippen MR) is 94.7 cm³/mol. The first-order valence-corrected chi connectivity index (χ1v) is 7.84. The second-order valence-corrected chi connectivity index (χ2v) is 5.41. The summed E-state index contributed by atoms with van der Waals surface area (Å²) in [5, 5.41) is 0.491. The number of carbonyl (C=O) groups excluding carboxylic acids is 1. The van der Waals surface area contributed by atoms with Crippen LogP contribution in [0.2, 0.25) is 5.02 Å². The van der Waals surface area contributed by atoms with Crippen molar-refractivity contribution in [2.24, 2.45) is 0 Å². The van der Waals surface area contributed by atoms with E-state index >= 15 is 0 Å². The summed E-state index contributed by atoms with van der Waals surface area (Å²) in [6, 6.07) is 10.6. The van der Waals surface area contributed by atoms with E-state index in [-0.39, 0.29) is 0 Å². The second kappa shape index (κ2) is 8.99. The molecule has 0 bridgehead atoms. The van der Waals surface area contributed by atoms with Crippen molar-refractivity contribution < 1.29 is 19.0 Å². The SMILES string of the molecule is C=CCc1ccc(OCCOc2ccc(Cl)cc2C=O)c(OC)c1. The van der Waals surface area contributed by atoms with Crippen molar-refractivity contribution in [3.8, 4) is 17.2 Å². The van der Waals surface area contributed by atoms with Crippen LogP contribution in [0.3, 0.4) is 0 Å². The average molecular weight is 347 g/mol. The van der Waals surface area contributed by atoms with Gasteiger partial charge in [0.05, 0.1) is 12.7 Å². The monoisotopic (exact) mass is 346 g/mol. The van der Waals surface area contributed by atoms with Crippen LogP contribution in [-0.4, -0.2) is 26.6 Å². The van der Waals surface area contributed by atoms with Crippen LogP contribution in [0.25, 0.3) is 0 Å². The number of carbonyl (C=O) groups is 1. The molecule has 0 unspecified atom stereocenters. The highest BCUT2D eigenvalue weighted by atomic mass is 35.5. The van der Waals surface area contributed by atoms with Crippen molar-refractivity contribution >= 4 is 17.9 Å². The van der Waals surface area contributed by atoms with E-state index in [0.29, 0.717) is 47.3 Å². The number of benzene rings is 2. The highest BCUT2D eigenvalue weighted by molar-refractivity contribution is 6.30. The number of halogens is 1. The van der Waals surface area contributed by atoms with Gasteiger partial charge in [-0.1, -0.05) is 23.7 Å². The van der Waals surface area contributed by atoms with Gasteiger partial charge in [0.25, 0.3) is 0 Å². The molecule has 0 aliphatic rings. The van der Waals surface area contributed by atoms with E-state index in [4.69, 9.17) is 25.8 Å². The third-order valence-electron chi connectivity index (χ3n) is 3.31. The van der Waals surface area contributed by atoms with Crippen LogP contribution >= 0.6 is 11.6 Å². The summed E-state index contributed by atoms with van der Waals surface area (Å²) >= 11 is 5.85. The lowest BCUT2D eigenvalue weighted by atomic mass is 10.1. The van der Waals surface area contributed by atoms with Gasteiger partial charge in [-0.15, -0.1) is 6.58 Å². The third-order valence-corrected chi connectivity index (χ3v) is 3.54. The Labute approximate surface area is 146 Å². The number of aldehydes is 1. The minimum absolute atomic E-state index is 0.292. The maximum atomic E-state index is 11.0. The Hall–Kier alpha value is -2.46. The maximum absolute atomic E-state index is 11.0. The topological polar surface area (TPSA) is 44.8 Å². The molecule has 0 saturated carbocycles. The smallest absolute Gasteiger partial charge is 0.161 e. The predicted octanol–water partition coefficient (Wildman–Crippen LogP) is 4.35. The van der Waals surface area contributed by atoms with Crippen LogP contribution in [0.4, 0.5) is 0 Å². The highest BCUT2D eigenvalue weighted by Gasteiger charge is 2.07. The minimum Gasteiger partial charge on any atom is -0.493 e. The highest BCUT2D eigenvalue weighted by Crippen LogP contribution is 2.28. The molecule has 0 aliphatic heterocycles. The Morgan fingerprint density at radius 2 is 1.75 bits per heavy atom. The van der Waals surface area contributed by atoms with Crippen LogP contribution in [0.5, 0.6) is 17.2 Å². The number of allylic oxidation sites excluding steroid dienone is 1. The van der Waals surface area contributed by atoms with E-state index < -0.39 is 0 Å². The lowest BCUT2D eigenvalue weighted by Crippen LogP contribution is -2.10. The lowest BCUT2D eigenvalue weighted by Gasteiger charge is -2.13. The summed E-state index contributed by atoms with van der Waals surface area (Å²) in [5.41, 5.74) is 1.51. The largest absolute Gasteiger partial charge is 0.493 e.